The summed E-state index contributed by atoms with van der Waals surface area (Å²) in [4.78, 5) is 1.72. The van der Waals surface area contributed by atoms with Gasteiger partial charge in [-0.3, -0.25) is 0 Å². The second-order valence-corrected chi connectivity index (χ2v) is 9.52. The van der Waals surface area contributed by atoms with E-state index in [0.29, 0.717) is 19.5 Å². The smallest absolute Gasteiger partial charge is 0.241 e. The van der Waals surface area contributed by atoms with Gasteiger partial charge in [-0.25, -0.2) is 8.42 Å². The van der Waals surface area contributed by atoms with Gasteiger partial charge in [0.2, 0.25) is 16.4 Å². The van der Waals surface area contributed by atoms with Gasteiger partial charge in [-0.2, -0.15) is 4.72 Å². The number of hydrogen-bond donors (Lipinski definition) is 3. The minimum absolute atomic E-state index is 0.351. The van der Waals surface area contributed by atoms with Crippen LogP contribution in [-0.4, -0.2) is 49.7 Å². The minimum atomic E-state index is -3.49. The summed E-state index contributed by atoms with van der Waals surface area (Å²) in [6, 6.07) is 17.8. The van der Waals surface area contributed by atoms with Crippen molar-refractivity contribution >= 4 is 10.0 Å². The van der Waals surface area contributed by atoms with E-state index < -0.39 is 28.5 Å². The Hall–Kier alpha value is -2.39. The molecule has 2 aromatic rings. The van der Waals surface area contributed by atoms with Gasteiger partial charge in [0.15, 0.2) is 0 Å². The third kappa shape index (κ3) is 7.07. The maximum atomic E-state index is 11.7. The quantitative estimate of drug-likeness (QED) is 0.490. The number of nitrogens with one attached hydrogen (secondary N) is 2. The predicted octanol–water partition coefficient (Wildman–Crippen LogP) is 1.95. The Morgan fingerprint density at radius 3 is 2.52 bits per heavy atom. The lowest BCUT2D eigenvalue weighted by Gasteiger charge is -2.35. The van der Waals surface area contributed by atoms with Gasteiger partial charge >= 0.3 is 0 Å². The van der Waals surface area contributed by atoms with Crippen molar-refractivity contribution in [2.45, 2.75) is 44.8 Å². The second-order valence-electron chi connectivity index (χ2n) is 7.74. The Morgan fingerprint density at radius 2 is 1.81 bits per heavy atom. The molecule has 3 rings (SSSR count). The van der Waals surface area contributed by atoms with Crippen molar-refractivity contribution in [2.75, 3.05) is 12.8 Å². The fraction of sp³-hybridized carbons (Fsp3) is 0.391. The zero-order valence-corrected chi connectivity index (χ0v) is 18.8. The summed E-state index contributed by atoms with van der Waals surface area (Å²) in [5.74, 6) is 0. The van der Waals surface area contributed by atoms with E-state index in [9.17, 15) is 13.5 Å². The first-order valence-electron chi connectivity index (χ1n) is 10.4. The van der Waals surface area contributed by atoms with E-state index in [2.05, 4.69) is 35.2 Å². The first-order valence-corrected chi connectivity index (χ1v) is 12.3. The molecule has 0 aromatic heterocycles. The molecule has 8 heteroatoms. The van der Waals surface area contributed by atoms with Gasteiger partial charge in [-0.1, -0.05) is 61.5 Å². The average Bonchev–Trinajstić information content (AvgIpc) is 3.18. The molecule has 1 heterocycles. The molecular weight excluding hydrogens is 414 g/mol. The zero-order valence-electron chi connectivity index (χ0n) is 17.9. The molecule has 168 valence electrons. The Labute approximate surface area is 184 Å². The molecule has 0 radical (unpaired) electrons. The number of hydrogen-bond acceptors (Lipinski definition) is 6. The first-order chi connectivity index (χ1) is 14.9. The van der Waals surface area contributed by atoms with Crippen LogP contribution < -0.4 is 10.0 Å². The number of aryl methyl sites for hydroxylation is 1. The number of ether oxygens (including phenoxy) is 1. The zero-order chi connectivity index (χ0) is 22.3. The molecule has 31 heavy (non-hydrogen) atoms. The highest BCUT2D eigenvalue weighted by Gasteiger charge is 2.34. The Kier molecular flexibility index (Phi) is 8.09. The van der Waals surface area contributed by atoms with E-state index in [-0.39, 0.29) is 0 Å². The molecule has 3 N–H and O–H groups in total. The van der Waals surface area contributed by atoms with Crippen LogP contribution in [0.15, 0.2) is 67.1 Å². The molecule has 2 aromatic carbocycles. The van der Waals surface area contributed by atoms with Crippen molar-refractivity contribution in [3.05, 3.63) is 83.7 Å². The normalized spacial score (nSPS) is 18.0. The average molecular weight is 446 g/mol. The fourth-order valence-electron chi connectivity index (χ4n) is 3.64. The summed E-state index contributed by atoms with van der Waals surface area (Å²) in [5, 5.41) is 14.4. The van der Waals surface area contributed by atoms with Crippen LogP contribution in [0, 0.1) is 0 Å². The van der Waals surface area contributed by atoms with Crippen LogP contribution in [0.3, 0.4) is 0 Å². The maximum Gasteiger partial charge on any atom is 0.241 e. The molecule has 0 spiro atoms. The molecule has 0 saturated carbocycles. The van der Waals surface area contributed by atoms with Gasteiger partial charge in [0, 0.05) is 19.3 Å². The van der Waals surface area contributed by atoms with Crippen molar-refractivity contribution < 1.29 is 18.3 Å². The largest absolute Gasteiger partial charge is 0.462 e. The lowest BCUT2D eigenvalue weighted by atomic mass is 9.99. The van der Waals surface area contributed by atoms with Crippen LogP contribution in [0.2, 0.25) is 0 Å². The highest BCUT2D eigenvalue weighted by Crippen LogP contribution is 2.20. The molecule has 0 aliphatic carbocycles. The fourth-order valence-corrected chi connectivity index (χ4v) is 4.18. The van der Waals surface area contributed by atoms with Crippen molar-refractivity contribution in [1.82, 2.24) is 14.9 Å². The number of rotatable bonds is 11. The summed E-state index contributed by atoms with van der Waals surface area (Å²) in [6.07, 6.45) is 4.06. The van der Waals surface area contributed by atoms with Gasteiger partial charge in [-0.05, 0) is 29.5 Å². The molecule has 7 nitrogen and oxygen atoms in total. The van der Waals surface area contributed by atoms with Gasteiger partial charge in [0.05, 0.1) is 18.4 Å². The summed E-state index contributed by atoms with van der Waals surface area (Å²) in [6.45, 7) is 3.11. The molecule has 3 atom stereocenters. The van der Waals surface area contributed by atoms with Crippen LogP contribution in [0.4, 0.5) is 0 Å². The molecule has 0 fully saturated rings. The highest BCUT2D eigenvalue weighted by molar-refractivity contribution is 7.88. The highest BCUT2D eigenvalue weighted by atomic mass is 32.2. The van der Waals surface area contributed by atoms with Gasteiger partial charge in [-0.15, -0.1) is 0 Å². The topological polar surface area (TPSA) is 90.9 Å². The van der Waals surface area contributed by atoms with E-state index in [0.717, 1.165) is 23.8 Å². The van der Waals surface area contributed by atoms with Crippen molar-refractivity contribution in [3.63, 3.8) is 0 Å². The third-order valence-electron chi connectivity index (χ3n) is 5.22. The van der Waals surface area contributed by atoms with Crippen LogP contribution in [0.25, 0.3) is 0 Å². The van der Waals surface area contributed by atoms with Crippen LogP contribution in [0.1, 0.15) is 23.6 Å². The minimum Gasteiger partial charge on any atom is -0.462 e. The number of benzene rings is 2. The van der Waals surface area contributed by atoms with Gasteiger partial charge in [0.25, 0.3) is 0 Å². The molecular formula is C23H31N3O4S. The second kappa shape index (κ2) is 10.8. The predicted molar refractivity (Wildman–Crippen MR) is 121 cm³/mol. The lowest BCUT2D eigenvalue weighted by Crippen LogP contribution is -2.54. The summed E-state index contributed by atoms with van der Waals surface area (Å²) >= 11 is 0. The molecule has 1 aliphatic rings. The van der Waals surface area contributed by atoms with Gasteiger partial charge < -0.3 is 20.1 Å². The maximum absolute atomic E-state index is 11.7. The number of nitrogens with zero attached hydrogens (tertiary/aromatic N) is 1. The molecule has 0 bridgehead atoms. The van der Waals surface area contributed by atoms with E-state index in [4.69, 9.17) is 4.74 Å². The van der Waals surface area contributed by atoms with E-state index in [1.807, 2.05) is 36.4 Å². The Balaban J connectivity index is 1.69. The molecule has 1 unspecified atom stereocenters. The number of aliphatic hydroxyl groups is 1. The first kappa shape index (κ1) is 23.3. The van der Waals surface area contributed by atoms with Crippen molar-refractivity contribution in [2.24, 2.45) is 0 Å². The summed E-state index contributed by atoms with van der Waals surface area (Å²) in [7, 11) is -3.49. The lowest BCUT2D eigenvalue weighted by molar-refractivity contribution is -0.0189. The van der Waals surface area contributed by atoms with E-state index >= 15 is 0 Å². The summed E-state index contributed by atoms with van der Waals surface area (Å²) < 4.78 is 31.4. The van der Waals surface area contributed by atoms with Crippen LogP contribution in [-0.2, 0) is 34.1 Å². The monoisotopic (exact) mass is 445 g/mol. The summed E-state index contributed by atoms with van der Waals surface area (Å²) in [5.41, 5.74) is 3.48. The molecule has 1 aliphatic heterocycles. The Bertz CT molecular complexity index is 966. The standard InChI is InChI=1S/C23H31N3O4S/c1-3-18-10-7-11-20(14-18)16-24-17-22(27)21(15-19-8-5-4-6-9-19)26-12-13-30-23(26)25-31(2,28)29/h4-14,21-25,27H,3,15-17H2,1-2H3/t21-,22+,23?/m0/s1. The van der Waals surface area contributed by atoms with Crippen LogP contribution in [0.5, 0.6) is 0 Å². The Morgan fingerprint density at radius 1 is 1.10 bits per heavy atom. The van der Waals surface area contributed by atoms with E-state index in [1.54, 1.807) is 11.1 Å². The number of sulfonamides is 1. The van der Waals surface area contributed by atoms with Gasteiger partial charge in [0.1, 0.15) is 6.26 Å². The van der Waals surface area contributed by atoms with Crippen LogP contribution >= 0.6 is 0 Å². The van der Waals surface area contributed by atoms with Crippen molar-refractivity contribution in [1.29, 1.82) is 0 Å². The molecule has 0 amide bonds. The van der Waals surface area contributed by atoms with Crippen molar-refractivity contribution in [3.8, 4) is 0 Å². The number of aliphatic hydroxyl groups excluding tert-OH is 1. The SMILES string of the molecule is CCc1cccc(CNC[C@@H](O)[C@H](Cc2ccccc2)N2C=COC2NS(C)(=O)=O)c1. The molecule has 0 saturated heterocycles. The van der Waals surface area contributed by atoms with E-state index in [1.165, 1.54) is 11.8 Å². The third-order valence-corrected chi connectivity index (χ3v) is 5.85.